The molecule has 3 heteroatoms. The van der Waals surface area contributed by atoms with Gasteiger partial charge < -0.3 is 10.0 Å². The summed E-state index contributed by atoms with van der Waals surface area (Å²) in [6.45, 7) is 0.854. The smallest absolute Gasteiger partial charge is 0.226 e. The lowest BCUT2D eigenvalue weighted by atomic mass is 9.85. The number of phenols is 1. The highest BCUT2D eigenvalue weighted by Crippen LogP contribution is 2.27. The molecule has 1 fully saturated rings. The van der Waals surface area contributed by atoms with Gasteiger partial charge in [-0.2, -0.15) is 0 Å². The Labute approximate surface area is 102 Å². The normalized spacial score (nSPS) is 15.4. The molecule has 1 aromatic carbocycles. The van der Waals surface area contributed by atoms with E-state index in [0.717, 1.165) is 6.54 Å². The molecule has 1 amide bonds. The van der Waals surface area contributed by atoms with Gasteiger partial charge in [-0.3, -0.25) is 4.79 Å². The van der Waals surface area contributed by atoms with Gasteiger partial charge in [0.05, 0.1) is 6.42 Å². The van der Waals surface area contributed by atoms with Crippen LogP contribution in [0, 0.1) is 5.92 Å². The zero-order valence-corrected chi connectivity index (χ0v) is 10.2. The fraction of sp³-hybridized carbons (Fsp3) is 0.500. The number of carbonyl (C=O) groups is 1. The van der Waals surface area contributed by atoms with Crippen LogP contribution >= 0.6 is 0 Å². The van der Waals surface area contributed by atoms with E-state index in [0.29, 0.717) is 11.5 Å². The molecule has 1 aromatic rings. The number of hydrogen-bond acceptors (Lipinski definition) is 2. The quantitative estimate of drug-likeness (QED) is 0.866. The Morgan fingerprint density at radius 3 is 2.71 bits per heavy atom. The highest BCUT2D eigenvalue weighted by molar-refractivity contribution is 5.79. The number of rotatable bonds is 4. The first kappa shape index (κ1) is 12.0. The number of phenolic OH excluding ortho intramolecular Hbond substituents is 1. The molecule has 1 N–H and O–H groups in total. The number of hydrogen-bond donors (Lipinski definition) is 1. The Balaban J connectivity index is 1.89. The molecule has 0 spiro atoms. The van der Waals surface area contributed by atoms with Crippen molar-refractivity contribution in [2.24, 2.45) is 5.92 Å². The summed E-state index contributed by atoms with van der Waals surface area (Å²) < 4.78 is 0. The molecule has 0 radical (unpaired) electrons. The number of likely N-dealkylation sites (N-methyl/N-ethyl adjacent to an activating group) is 1. The van der Waals surface area contributed by atoms with Crippen molar-refractivity contribution < 1.29 is 9.90 Å². The lowest BCUT2D eigenvalue weighted by Crippen LogP contribution is -2.35. The largest absolute Gasteiger partial charge is 0.508 e. The van der Waals surface area contributed by atoms with Crippen LogP contribution in [0.2, 0.25) is 0 Å². The van der Waals surface area contributed by atoms with Crippen molar-refractivity contribution in [2.45, 2.75) is 25.7 Å². The molecule has 92 valence electrons. The van der Waals surface area contributed by atoms with Gasteiger partial charge in [-0.25, -0.2) is 0 Å². The standard InChI is InChI=1S/C14H19NO2/c1-15(10-11-5-4-6-11)14(17)9-12-7-2-3-8-13(12)16/h2-3,7-8,11,16H,4-6,9-10H2,1H3. The van der Waals surface area contributed by atoms with Crippen molar-refractivity contribution in [2.75, 3.05) is 13.6 Å². The van der Waals surface area contributed by atoms with Crippen molar-refractivity contribution in [1.82, 2.24) is 4.90 Å². The van der Waals surface area contributed by atoms with Crippen LogP contribution in [0.3, 0.4) is 0 Å². The summed E-state index contributed by atoms with van der Waals surface area (Å²) in [5.41, 5.74) is 0.706. The fourth-order valence-corrected chi connectivity index (χ4v) is 2.12. The third kappa shape index (κ3) is 2.99. The highest BCUT2D eigenvalue weighted by Gasteiger charge is 2.21. The van der Waals surface area contributed by atoms with E-state index in [9.17, 15) is 9.90 Å². The fourth-order valence-electron chi connectivity index (χ4n) is 2.12. The predicted molar refractivity (Wildman–Crippen MR) is 66.8 cm³/mol. The predicted octanol–water partition coefficient (Wildman–Crippen LogP) is 2.19. The van der Waals surface area contributed by atoms with E-state index in [1.54, 1.807) is 23.1 Å². The maximum absolute atomic E-state index is 12.0. The minimum Gasteiger partial charge on any atom is -0.508 e. The van der Waals surface area contributed by atoms with Gasteiger partial charge in [0, 0.05) is 19.2 Å². The minimum absolute atomic E-state index is 0.0819. The van der Waals surface area contributed by atoms with Gasteiger partial charge in [0.15, 0.2) is 0 Å². The van der Waals surface area contributed by atoms with Gasteiger partial charge in [0.1, 0.15) is 5.75 Å². The van der Waals surface area contributed by atoms with Crippen molar-refractivity contribution in [1.29, 1.82) is 0 Å². The third-order valence-electron chi connectivity index (χ3n) is 3.52. The summed E-state index contributed by atoms with van der Waals surface area (Å²) in [5.74, 6) is 0.976. The average Bonchev–Trinajstić information content (AvgIpc) is 2.26. The molecule has 2 rings (SSSR count). The summed E-state index contributed by atoms with van der Waals surface area (Å²) >= 11 is 0. The molecule has 1 aliphatic carbocycles. The average molecular weight is 233 g/mol. The van der Waals surface area contributed by atoms with Crippen molar-refractivity contribution in [3.8, 4) is 5.75 Å². The zero-order valence-electron chi connectivity index (χ0n) is 10.2. The minimum atomic E-state index is 0.0819. The number of para-hydroxylation sites is 1. The SMILES string of the molecule is CN(CC1CCC1)C(=O)Cc1ccccc1O. The van der Waals surface area contributed by atoms with E-state index < -0.39 is 0 Å². The van der Waals surface area contributed by atoms with E-state index in [-0.39, 0.29) is 18.1 Å². The molecule has 0 aromatic heterocycles. The molecule has 3 nitrogen and oxygen atoms in total. The van der Waals surface area contributed by atoms with Crippen LogP contribution in [-0.2, 0) is 11.2 Å². The van der Waals surface area contributed by atoms with Crippen LogP contribution in [0.5, 0.6) is 5.75 Å². The van der Waals surface area contributed by atoms with E-state index in [4.69, 9.17) is 0 Å². The highest BCUT2D eigenvalue weighted by atomic mass is 16.3. The van der Waals surface area contributed by atoms with Crippen LogP contribution in [0.4, 0.5) is 0 Å². The Morgan fingerprint density at radius 1 is 1.41 bits per heavy atom. The van der Waals surface area contributed by atoms with E-state index >= 15 is 0 Å². The Morgan fingerprint density at radius 2 is 2.12 bits per heavy atom. The van der Waals surface area contributed by atoms with Gasteiger partial charge in [-0.1, -0.05) is 24.6 Å². The van der Waals surface area contributed by atoms with Crippen molar-refractivity contribution in [3.05, 3.63) is 29.8 Å². The van der Waals surface area contributed by atoms with E-state index in [2.05, 4.69) is 0 Å². The molecule has 17 heavy (non-hydrogen) atoms. The number of benzene rings is 1. The van der Waals surface area contributed by atoms with Gasteiger partial charge in [-0.05, 0) is 24.8 Å². The molecular weight excluding hydrogens is 214 g/mol. The molecule has 0 heterocycles. The molecule has 0 bridgehead atoms. The summed E-state index contributed by atoms with van der Waals surface area (Å²) in [6.07, 6.45) is 4.07. The van der Waals surface area contributed by atoms with Crippen LogP contribution in [0.25, 0.3) is 0 Å². The van der Waals surface area contributed by atoms with Crippen LogP contribution in [0.1, 0.15) is 24.8 Å². The van der Waals surface area contributed by atoms with Crippen molar-refractivity contribution >= 4 is 5.91 Å². The van der Waals surface area contributed by atoms with Gasteiger partial charge in [-0.15, -0.1) is 0 Å². The lowest BCUT2D eigenvalue weighted by Gasteiger charge is -2.30. The number of carbonyl (C=O) groups excluding carboxylic acids is 1. The van der Waals surface area contributed by atoms with Crippen molar-refractivity contribution in [3.63, 3.8) is 0 Å². The molecular formula is C14H19NO2. The monoisotopic (exact) mass is 233 g/mol. The first-order valence-corrected chi connectivity index (χ1v) is 6.17. The molecule has 0 atom stereocenters. The molecule has 1 saturated carbocycles. The van der Waals surface area contributed by atoms with Crippen LogP contribution < -0.4 is 0 Å². The second-order valence-corrected chi connectivity index (χ2v) is 4.88. The topological polar surface area (TPSA) is 40.5 Å². The zero-order chi connectivity index (χ0) is 12.3. The first-order valence-electron chi connectivity index (χ1n) is 6.17. The van der Waals surface area contributed by atoms with Gasteiger partial charge in [0.25, 0.3) is 0 Å². The summed E-state index contributed by atoms with van der Waals surface area (Å²) in [4.78, 5) is 13.7. The maximum atomic E-state index is 12.0. The number of nitrogens with zero attached hydrogens (tertiary/aromatic N) is 1. The summed E-state index contributed by atoms with van der Waals surface area (Å²) in [6, 6.07) is 7.02. The van der Waals surface area contributed by atoms with Gasteiger partial charge >= 0.3 is 0 Å². The Hall–Kier alpha value is -1.51. The van der Waals surface area contributed by atoms with E-state index in [1.165, 1.54) is 19.3 Å². The molecule has 0 saturated heterocycles. The first-order chi connectivity index (χ1) is 8.16. The molecule has 0 aliphatic heterocycles. The van der Waals surface area contributed by atoms with Crippen LogP contribution in [-0.4, -0.2) is 29.5 Å². The summed E-state index contributed by atoms with van der Waals surface area (Å²) in [5, 5.41) is 9.61. The lowest BCUT2D eigenvalue weighted by molar-refractivity contribution is -0.130. The van der Waals surface area contributed by atoms with E-state index in [1.807, 2.05) is 13.1 Å². The molecule has 0 unspecified atom stereocenters. The van der Waals surface area contributed by atoms with Crippen LogP contribution in [0.15, 0.2) is 24.3 Å². The maximum Gasteiger partial charge on any atom is 0.226 e. The number of amides is 1. The second kappa shape index (κ2) is 5.21. The Bertz CT molecular complexity index is 399. The Kier molecular flexibility index (Phi) is 3.67. The number of aromatic hydroxyl groups is 1. The second-order valence-electron chi connectivity index (χ2n) is 4.88. The van der Waals surface area contributed by atoms with Gasteiger partial charge in [0.2, 0.25) is 5.91 Å². The summed E-state index contributed by atoms with van der Waals surface area (Å²) in [7, 11) is 1.85. The molecule has 1 aliphatic rings. The third-order valence-corrected chi connectivity index (χ3v) is 3.52.